The summed E-state index contributed by atoms with van der Waals surface area (Å²) in [4.78, 5) is 4.58. The minimum atomic E-state index is -4.36. The van der Waals surface area contributed by atoms with Crippen LogP contribution < -0.4 is 5.73 Å². The molecule has 0 spiro atoms. The van der Waals surface area contributed by atoms with Gasteiger partial charge in [0.15, 0.2) is 0 Å². The summed E-state index contributed by atoms with van der Waals surface area (Å²) in [6.45, 7) is 0. The largest absolute Gasteiger partial charge is 0.416 e. The Hall–Kier alpha value is -1.69. The Kier molecular flexibility index (Phi) is 3.47. The fraction of sp³-hybridized carbons (Fsp3) is 0.0833. The highest BCUT2D eigenvalue weighted by atomic mass is 32.2. The van der Waals surface area contributed by atoms with Crippen molar-refractivity contribution in [2.45, 2.75) is 16.1 Å². The predicted molar refractivity (Wildman–Crippen MR) is 64.2 cm³/mol. The van der Waals surface area contributed by atoms with Gasteiger partial charge in [0, 0.05) is 16.8 Å². The van der Waals surface area contributed by atoms with E-state index >= 15 is 0 Å². The molecule has 2 rings (SSSR count). The van der Waals surface area contributed by atoms with E-state index in [-0.39, 0.29) is 5.03 Å². The fourth-order valence-corrected chi connectivity index (χ4v) is 2.18. The lowest BCUT2D eigenvalue weighted by Crippen LogP contribution is -2.05. The van der Waals surface area contributed by atoms with Crippen LogP contribution in [0.2, 0.25) is 0 Å². The van der Waals surface area contributed by atoms with E-state index in [2.05, 4.69) is 4.98 Å². The zero-order valence-electron chi connectivity index (χ0n) is 9.11. The molecule has 2 aromatic rings. The minimum Gasteiger partial charge on any atom is -0.398 e. The number of hydrogen-bond donors (Lipinski definition) is 1. The van der Waals surface area contributed by atoms with Crippen molar-refractivity contribution < 1.29 is 13.2 Å². The van der Waals surface area contributed by atoms with Crippen LogP contribution in [0.4, 0.5) is 18.9 Å². The summed E-state index contributed by atoms with van der Waals surface area (Å²) in [5.41, 5.74) is 5.52. The van der Waals surface area contributed by atoms with Crippen molar-refractivity contribution in [1.29, 1.82) is 0 Å². The van der Waals surface area contributed by atoms with Crippen molar-refractivity contribution in [3.63, 3.8) is 0 Å². The van der Waals surface area contributed by atoms with E-state index in [9.17, 15) is 13.2 Å². The van der Waals surface area contributed by atoms with Gasteiger partial charge in [-0.05, 0) is 24.3 Å². The number of pyridine rings is 1. The lowest BCUT2D eigenvalue weighted by molar-refractivity contribution is -0.137. The molecule has 0 aliphatic heterocycles. The monoisotopic (exact) mass is 270 g/mol. The first-order valence-electron chi connectivity index (χ1n) is 5.02. The number of alkyl halides is 3. The SMILES string of the molecule is Nc1ccccc1Sc1cc(C(F)(F)F)ccn1. The maximum absolute atomic E-state index is 12.5. The summed E-state index contributed by atoms with van der Waals surface area (Å²) < 4.78 is 37.6. The van der Waals surface area contributed by atoms with Crippen LogP contribution in [0.25, 0.3) is 0 Å². The van der Waals surface area contributed by atoms with Gasteiger partial charge in [0.25, 0.3) is 0 Å². The van der Waals surface area contributed by atoms with E-state index in [1.807, 2.05) is 0 Å². The van der Waals surface area contributed by atoms with E-state index in [4.69, 9.17) is 5.73 Å². The number of nitrogens with two attached hydrogens (primary N) is 1. The molecular formula is C12H9F3N2S. The second-order valence-electron chi connectivity index (χ2n) is 3.52. The second kappa shape index (κ2) is 4.89. The molecule has 6 heteroatoms. The van der Waals surface area contributed by atoms with Crippen LogP contribution in [0.1, 0.15) is 5.56 Å². The maximum atomic E-state index is 12.5. The quantitative estimate of drug-likeness (QED) is 0.843. The smallest absolute Gasteiger partial charge is 0.398 e. The zero-order chi connectivity index (χ0) is 13.2. The molecule has 0 fully saturated rings. The Bertz CT molecular complexity index is 555. The van der Waals surface area contributed by atoms with Crippen LogP contribution >= 0.6 is 11.8 Å². The summed E-state index contributed by atoms with van der Waals surface area (Å²) in [6.07, 6.45) is -3.22. The average Bonchev–Trinajstić information content (AvgIpc) is 2.31. The van der Waals surface area contributed by atoms with E-state index in [0.29, 0.717) is 10.6 Å². The van der Waals surface area contributed by atoms with Gasteiger partial charge in [-0.2, -0.15) is 13.2 Å². The first-order chi connectivity index (χ1) is 8.47. The Balaban J connectivity index is 2.28. The first-order valence-corrected chi connectivity index (χ1v) is 5.84. The molecule has 0 bridgehead atoms. The zero-order valence-corrected chi connectivity index (χ0v) is 9.92. The number of nitrogen functional groups attached to an aromatic ring is 1. The van der Waals surface area contributed by atoms with Crippen molar-refractivity contribution >= 4 is 17.4 Å². The molecule has 2 nitrogen and oxygen atoms in total. The third kappa shape index (κ3) is 2.95. The molecule has 0 saturated heterocycles. The highest BCUT2D eigenvalue weighted by Crippen LogP contribution is 2.34. The number of nitrogens with zero attached hydrogens (tertiary/aromatic N) is 1. The highest BCUT2D eigenvalue weighted by Gasteiger charge is 2.30. The molecule has 0 aliphatic rings. The topological polar surface area (TPSA) is 38.9 Å². The lowest BCUT2D eigenvalue weighted by atomic mass is 10.3. The van der Waals surface area contributed by atoms with Gasteiger partial charge >= 0.3 is 6.18 Å². The fourth-order valence-electron chi connectivity index (χ4n) is 1.33. The molecule has 0 radical (unpaired) electrons. The molecule has 0 saturated carbocycles. The van der Waals surface area contributed by atoms with Crippen LogP contribution in [0.3, 0.4) is 0 Å². The van der Waals surface area contributed by atoms with Crippen molar-refractivity contribution in [2.24, 2.45) is 0 Å². The van der Waals surface area contributed by atoms with Crippen molar-refractivity contribution in [1.82, 2.24) is 4.98 Å². The molecule has 0 unspecified atom stereocenters. The second-order valence-corrected chi connectivity index (χ2v) is 4.58. The Morgan fingerprint density at radius 3 is 2.50 bits per heavy atom. The van der Waals surface area contributed by atoms with E-state index in [1.165, 1.54) is 0 Å². The number of aromatic nitrogens is 1. The molecular weight excluding hydrogens is 261 g/mol. The number of anilines is 1. The third-order valence-electron chi connectivity index (χ3n) is 2.20. The Morgan fingerprint density at radius 2 is 1.83 bits per heavy atom. The molecule has 18 heavy (non-hydrogen) atoms. The van der Waals surface area contributed by atoms with Crippen LogP contribution in [-0.4, -0.2) is 4.98 Å². The van der Waals surface area contributed by atoms with Gasteiger partial charge in [-0.15, -0.1) is 0 Å². The lowest BCUT2D eigenvalue weighted by Gasteiger charge is -2.08. The van der Waals surface area contributed by atoms with Crippen LogP contribution in [0.5, 0.6) is 0 Å². The van der Waals surface area contributed by atoms with Gasteiger partial charge in [-0.3, -0.25) is 0 Å². The van der Waals surface area contributed by atoms with E-state index in [0.717, 1.165) is 30.1 Å². The molecule has 2 N–H and O–H groups in total. The molecule has 0 atom stereocenters. The van der Waals surface area contributed by atoms with Gasteiger partial charge in [-0.1, -0.05) is 23.9 Å². The number of benzene rings is 1. The molecule has 1 aromatic heterocycles. The summed E-state index contributed by atoms with van der Waals surface area (Å²) in [5, 5.41) is 0.266. The van der Waals surface area contributed by atoms with Crippen molar-refractivity contribution in [3.8, 4) is 0 Å². The van der Waals surface area contributed by atoms with E-state index < -0.39 is 11.7 Å². The van der Waals surface area contributed by atoms with Crippen LogP contribution in [-0.2, 0) is 6.18 Å². The van der Waals surface area contributed by atoms with Crippen LogP contribution in [0.15, 0.2) is 52.5 Å². The molecule has 94 valence electrons. The van der Waals surface area contributed by atoms with Gasteiger partial charge in [0.1, 0.15) is 5.03 Å². The number of hydrogen-bond acceptors (Lipinski definition) is 3. The van der Waals surface area contributed by atoms with Crippen molar-refractivity contribution in [2.75, 3.05) is 5.73 Å². The van der Waals surface area contributed by atoms with Gasteiger partial charge < -0.3 is 5.73 Å². The first kappa shape index (κ1) is 12.8. The third-order valence-corrected chi connectivity index (χ3v) is 3.22. The predicted octanol–water partition coefficient (Wildman–Crippen LogP) is 3.83. The minimum absolute atomic E-state index is 0.266. The molecule has 0 aliphatic carbocycles. The van der Waals surface area contributed by atoms with Gasteiger partial charge in [-0.25, -0.2) is 4.98 Å². The Morgan fingerprint density at radius 1 is 1.11 bits per heavy atom. The maximum Gasteiger partial charge on any atom is 0.416 e. The molecule has 1 heterocycles. The van der Waals surface area contributed by atoms with Crippen molar-refractivity contribution in [3.05, 3.63) is 48.2 Å². The average molecular weight is 270 g/mol. The normalized spacial score (nSPS) is 11.5. The van der Waals surface area contributed by atoms with Gasteiger partial charge in [0.05, 0.1) is 5.56 Å². The number of rotatable bonds is 2. The highest BCUT2D eigenvalue weighted by molar-refractivity contribution is 7.99. The summed E-state index contributed by atoms with van der Waals surface area (Å²) >= 11 is 1.11. The van der Waals surface area contributed by atoms with Gasteiger partial charge in [0.2, 0.25) is 0 Å². The number of halogens is 3. The number of para-hydroxylation sites is 1. The van der Waals surface area contributed by atoms with E-state index in [1.54, 1.807) is 24.3 Å². The summed E-state index contributed by atoms with van der Waals surface area (Å²) in [6, 6.07) is 8.92. The summed E-state index contributed by atoms with van der Waals surface area (Å²) in [5.74, 6) is 0. The molecule has 1 aromatic carbocycles. The molecule has 0 amide bonds. The van der Waals surface area contributed by atoms with Crippen LogP contribution in [0, 0.1) is 0 Å². The Labute approximate surface area is 106 Å². The summed E-state index contributed by atoms with van der Waals surface area (Å²) in [7, 11) is 0. The standard InChI is InChI=1S/C12H9F3N2S/c13-12(14,15)8-5-6-17-11(7-8)18-10-4-2-1-3-9(10)16/h1-7H,16H2.